The average molecular weight is 398 g/mol. The highest BCUT2D eigenvalue weighted by Crippen LogP contribution is 2.37. The van der Waals surface area contributed by atoms with E-state index in [0.717, 1.165) is 46.3 Å². The van der Waals surface area contributed by atoms with Gasteiger partial charge < -0.3 is 15.6 Å². The van der Waals surface area contributed by atoms with E-state index >= 15 is 0 Å². The van der Waals surface area contributed by atoms with E-state index in [2.05, 4.69) is 29.5 Å². The Balaban J connectivity index is 1.43. The van der Waals surface area contributed by atoms with Crippen molar-refractivity contribution in [3.63, 3.8) is 0 Å². The van der Waals surface area contributed by atoms with Crippen LogP contribution in [-0.4, -0.2) is 17.7 Å². The number of hydrogen-bond acceptors (Lipinski definition) is 4. The molecule has 5 rings (SSSR count). The van der Waals surface area contributed by atoms with Gasteiger partial charge in [-0.2, -0.15) is 0 Å². The van der Waals surface area contributed by atoms with Gasteiger partial charge in [0.15, 0.2) is 11.4 Å². The number of hydrogen-bond donors (Lipinski definition) is 2. The van der Waals surface area contributed by atoms with E-state index in [1.807, 2.05) is 48.5 Å². The van der Waals surface area contributed by atoms with Crippen molar-refractivity contribution in [2.75, 3.05) is 22.5 Å². The van der Waals surface area contributed by atoms with Crippen molar-refractivity contribution in [3.8, 4) is 11.1 Å². The lowest BCUT2D eigenvalue weighted by molar-refractivity contribution is 0.257. The van der Waals surface area contributed by atoms with Gasteiger partial charge in [-0.1, -0.05) is 42.4 Å². The van der Waals surface area contributed by atoms with Gasteiger partial charge in [-0.05, 0) is 65.4 Å². The van der Waals surface area contributed by atoms with E-state index in [9.17, 15) is 4.79 Å². The monoisotopic (exact) mass is 398 g/mol. The maximum Gasteiger partial charge on any atom is 0.326 e. The Labute approximate surface area is 174 Å². The summed E-state index contributed by atoms with van der Waals surface area (Å²) in [5, 5.41) is 7.73. The number of nitrogens with one attached hydrogen (secondary N) is 1. The zero-order valence-corrected chi connectivity index (χ0v) is 16.7. The lowest BCUT2D eigenvalue weighted by Gasteiger charge is -2.19. The van der Waals surface area contributed by atoms with Crippen LogP contribution in [0.1, 0.15) is 18.1 Å². The number of urea groups is 1. The molecule has 0 unspecified atom stereocenters. The number of carbonyl (C=O) groups excluding carboxylic acids is 1. The predicted octanol–water partition coefficient (Wildman–Crippen LogP) is 5.23. The molecule has 150 valence electrons. The Hall–Kier alpha value is -3.80. The fourth-order valence-electron chi connectivity index (χ4n) is 4.10. The molecule has 3 aromatic carbocycles. The van der Waals surface area contributed by atoms with Crippen molar-refractivity contribution in [1.29, 1.82) is 0 Å². The summed E-state index contributed by atoms with van der Waals surface area (Å²) in [5.41, 5.74) is 12.8. The lowest BCUT2D eigenvalue weighted by Crippen LogP contribution is -2.33. The summed E-state index contributed by atoms with van der Waals surface area (Å²) in [7, 11) is 0. The van der Waals surface area contributed by atoms with Gasteiger partial charge in [-0.3, -0.25) is 4.90 Å². The van der Waals surface area contributed by atoms with Gasteiger partial charge in [0.05, 0.1) is 5.39 Å². The number of amides is 2. The van der Waals surface area contributed by atoms with Crippen LogP contribution in [0, 0.1) is 0 Å². The largest absolute Gasteiger partial charge is 0.380 e. The summed E-state index contributed by atoms with van der Waals surface area (Å²) in [6, 6.07) is 19.8. The van der Waals surface area contributed by atoms with E-state index in [4.69, 9.17) is 10.3 Å². The second kappa shape index (κ2) is 7.22. The molecule has 0 radical (unpaired) electrons. The third-order valence-electron chi connectivity index (χ3n) is 5.64. The Bertz CT molecular complexity index is 1260. The normalized spacial score (nSPS) is 12.9. The zero-order valence-electron chi connectivity index (χ0n) is 16.7. The summed E-state index contributed by atoms with van der Waals surface area (Å²) < 4.78 is 5.29. The van der Waals surface area contributed by atoms with Gasteiger partial charge in [0.2, 0.25) is 0 Å². The van der Waals surface area contributed by atoms with Crippen LogP contribution in [0.5, 0.6) is 0 Å². The number of aromatic nitrogens is 1. The number of fused-ring (bicyclic) bond motifs is 2. The molecule has 0 fully saturated rings. The quantitative estimate of drug-likeness (QED) is 0.495. The Kier molecular flexibility index (Phi) is 4.39. The second-order valence-electron chi connectivity index (χ2n) is 7.48. The van der Waals surface area contributed by atoms with Gasteiger partial charge >= 0.3 is 6.03 Å². The molecule has 1 aromatic heterocycles. The van der Waals surface area contributed by atoms with Gasteiger partial charge in [-0.15, -0.1) is 0 Å². The van der Waals surface area contributed by atoms with Crippen LogP contribution in [-0.2, 0) is 12.8 Å². The molecule has 2 heterocycles. The molecule has 0 spiro atoms. The Morgan fingerprint density at radius 3 is 2.90 bits per heavy atom. The van der Waals surface area contributed by atoms with Crippen LogP contribution >= 0.6 is 0 Å². The van der Waals surface area contributed by atoms with E-state index in [0.29, 0.717) is 17.9 Å². The Morgan fingerprint density at radius 1 is 1.17 bits per heavy atom. The molecule has 0 bridgehead atoms. The highest BCUT2D eigenvalue weighted by molar-refractivity contribution is 6.04. The number of nitrogen functional groups attached to an aromatic ring is 1. The number of aryl methyl sites for hydroxylation is 1. The molecule has 1 aliphatic heterocycles. The first kappa shape index (κ1) is 18.2. The number of nitrogens with two attached hydrogens (primary N) is 1. The van der Waals surface area contributed by atoms with Gasteiger partial charge in [-0.25, -0.2) is 4.79 Å². The van der Waals surface area contributed by atoms with Crippen LogP contribution < -0.4 is 16.0 Å². The molecule has 6 heteroatoms. The van der Waals surface area contributed by atoms with Crippen LogP contribution in [0.25, 0.3) is 22.1 Å². The molecule has 2 amide bonds. The number of rotatable bonds is 3. The molecular weight excluding hydrogens is 376 g/mol. The van der Waals surface area contributed by atoms with E-state index in [-0.39, 0.29) is 6.03 Å². The lowest BCUT2D eigenvalue weighted by atomic mass is 9.99. The van der Waals surface area contributed by atoms with Crippen molar-refractivity contribution in [2.45, 2.75) is 19.8 Å². The maximum atomic E-state index is 12.9. The van der Waals surface area contributed by atoms with Crippen LogP contribution in [0.4, 0.5) is 22.0 Å². The van der Waals surface area contributed by atoms with Gasteiger partial charge in [0.1, 0.15) is 0 Å². The summed E-state index contributed by atoms with van der Waals surface area (Å²) in [6.45, 7) is 2.75. The number of benzene rings is 3. The van der Waals surface area contributed by atoms with Crippen molar-refractivity contribution in [2.24, 2.45) is 0 Å². The first-order chi connectivity index (χ1) is 14.6. The summed E-state index contributed by atoms with van der Waals surface area (Å²) in [5.74, 6) is 0.386. The molecule has 6 nitrogen and oxygen atoms in total. The Morgan fingerprint density at radius 2 is 2.03 bits per heavy atom. The summed E-state index contributed by atoms with van der Waals surface area (Å²) in [6.07, 6.45) is 1.74. The van der Waals surface area contributed by atoms with Gasteiger partial charge in [0.25, 0.3) is 0 Å². The molecule has 4 aromatic rings. The fourth-order valence-corrected chi connectivity index (χ4v) is 4.10. The zero-order chi connectivity index (χ0) is 20.7. The van der Waals surface area contributed by atoms with Crippen LogP contribution in [0.15, 0.2) is 65.2 Å². The number of nitrogens with zero attached hydrogens (tertiary/aromatic N) is 2. The molecule has 30 heavy (non-hydrogen) atoms. The highest BCUT2D eigenvalue weighted by atomic mass is 16.5. The minimum absolute atomic E-state index is 0.111. The van der Waals surface area contributed by atoms with E-state index in [1.54, 1.807) is 4.90 Å². The minimum atomic E-state index is -0.111. The van der Waals surface area contributed by atoms with E-state index < -0.39 is 0 Å². The highest BCUT2D eigenvalue weighted by Gasteiger charge is 2.25. The smallest absolute Gasteiger partial charge is 0.326 e. The summed E-state index contributed by atoms with van der Waals surface area (Å²) in [4.78, 5) is 14.7. The van der Waals surface area contributed by atoms with Crippen LogP contribution in [0.2, 0.25) is 0 Å². The third-order valence-corrected chi connectivity index (χ3v) is 5.64. The molecule has 1 aliphatic rings. The van der Waals surface area contributed by atoms with E-state index in [1.165, 1.54) is 5.56 Å². The molecule has 0 atom stereocenters. The van der Waals surface area contributed by atoms with Gasteiger partial charge in [0, 0.05) is 17.9 Å². The third kappa shape index (κ3) is 3.06. The molecule has 0 saturated heterocycles. The average Bonchev–Trinajstić information content (AvgIpc) is 3.37. The minimum Gasteiger partial charge on any atom is -0.380 e. The molecular formula is C24H22N4O2. The predicted molar refractivity (Wildman–Crippen MR) is 120 cm³/mol. The first-order valence-corrected chi connectivity index (χ1v) is 10.1. The molecule has 3 N–H and O–H groups in total. The SMILES string of the molecule is CCc1cccc(NC(=O)N2CCc3cc(-c4cccc5onc(N)c45)ccc32)c1. The standard InChI is InChI=1S/C24H22N4O2/c1-2-15-5-3-6-18(13-15)26-24(29)28-12-11-17-14-16(9-10-20(17)28)19-7-4-8-21-22(19)23(25)27-30-21/h3-10,13-14H,2,11-12H2,1H3,(H2,25,27)(H,26,29). The fraction of sp³-hybridized carbons (Fsp3) is 0.167. The first-order valence-electron chi connectivity index (χ1n) is 10.1. The topological polar surface area (TPSA) is 84.4 Å². The van der Waals surface area contributed by atoms with Crippen molar-refractivity contribution in [3.05, 3.63) is 71.8 Å². The number of carbonyl (C=O) groups is 1. The van der Waals surface area contributed by atoms with Crippen molar-refractivity contribution in [1.82, 2.24) is 5.16 Å². The van der Waals surface area contributed by atoms with Crippen molar-refractivity contribution >= 4 is 34.2 Å². The van der Waals surface area contributed by atoms with Crippen molar-refractivity contribution < 1.29 is 9.32 Å². The maximum absolute atomic E-state index is 12.9. The molecule has 0 saturated carbocycles. The molecule has 0 aliphatic carbocycles. The second-order valence-corrected chi connectivity index (χ2v) is 7.48. The summed E-state index contributed by atoms with van der Waals surface area (Å²) >= 11 is 0. The number of anilines is 3. The van der Waals surface area contributed by atoms with Crippen LogP contribution in [0.3, 0.4) is 0 Å².